The molecule has 0 heterocycles. The van der Waals surface area contributed by atoms with E-state index in [1.165, 1.54) is 5.56 Å². The Labute approximate surface area is 200 Å². The second-order valence-electron chi connectivity index (χ2n) is 9.00. The van der Waals surface area contributed by atoms with Gasteiger partial charge in [0.15, 0.2) is 0 Å². The molecule has 0 aromatic heterocycles. The highest BCUT2D eigenvalue weighted by atomic mass is 16.5. The molecule has 5 nitrogen and oxygen atoms in total. The van der Waals surface area contributed by atoms with Crippen molar-refractivity contribution in [1.82, 2.24) is 0 Å². The Morgan fingerprint density at radius 3 is 2.35 bits per heavy atom. The molecule has 3 aromatic carbocycles. The van der Waals surface area contributed by atoms with Crippen LogP contribution in [0.1, 0.15) is 53.4 Å². The van der Waals surface area contributed by atoms with Crippen molar-refractivity contribution in [2.75, 3.05) is 6.61 Å². The van der Waals surface area contributed by atoms with Gasteiger partial charge >= 0.3 is 5.97 Å². The molecule has 4 rings (SSSR count). The number of fused-ring (bicyclic) bond motifs is 1. The Balaban J connectivity index is 1.66. The predicted molar refractivity (Wildman–Crippen MR) is 131 cm³/mol. The minimum Gasteiger partial charge on any atom is -0.425 e. The maximum atomic E-state index is 12.9. The minimum atomic E-state index is -0.669. The number of carbonyl (C=O) groups excluding carboxylic acids is 2. The third-order valence-corrected chi connectivity index (χ3v) is 6.86. The van der Waals surface area contributed by atoms with E-state index < -0.39 is 12.6 Å². The minimum absolute atomic E-state index is 0.0399. The maximum absolute atomic E-state index is 12.9. The fourth-order valence-electron chi connectivity index (χ4n) is 5.25. The zero-order valence-corrected chi connectivity index (χ0v) is 19.2. The van der Waals surface area contributed by atoms with Crippen LogP contribution in [0.15, 0.2) is 78.9 Å². The molecule has 3 aromatic rings. The Morgan fingerprint density at radius 1 is 0.971 bits per heavy atom. The molecule has 3 atom stereocenters. The van der Waals surface area contributed by atoms with Crippen LogP contribution in [0.2, 0.25) is 0 Å². The summed E-state index contributed by atoms with van der Waals surface area (Å²) >= 11 is 0. The molecule has 0 saturated carbocycles. The Hall–Kier alpha value is -3.44. The number of primary amides is 1. The molecule has 1 aliphatic carbocycles. The molecule has 0 fully saturated rings. The van der Waals surface area contributed by atoms with Crippen LogP contribution in [0.25, 0.3) is 0 Å². The number of ether oxygens (including phenoxy) is 1. The monoisotopic (exact) mass is 457 g/mol. The van der Waals surface area contributed by atoms with Crippen molar-refractivity contribution in [3.05, 3.63) is 101 Å². The second-order valence-corrected chi connectivity index (χ2v) is 9.00. The molecule has 1 aliphatic rings. The van der Waals surface area contributed by atoms with E-state index in [-0.39, 0.29) is 23.7 Å². The van der Waals surface area contributed by atoms with Crippen molar-refractivity contribution >= 4 is 11.9 Å². The number of nitrogens with two attached hydrogens (primary N) is 1. The standard InChI is InChI=1S/C29H31NO4/c30-29(33)26(25(21-11-5-2-6-12-21)17-20-9-3-1-4-10-20)18-22-13-7-15-24-23(22)14-8-16-27(24)34-28(32)19-31/h1-6,8-12,14,16,22,25-26,31H,7,13,15,17-19H2,(H2,30,33). The van der Waals surface area contributed by atoms with Gasteiger partial charge in [0.05, 0.1) is 0 Å². The number of rotatable bonds is 9. The van der Waals surface area contributed by atoms with Gasteiger partial charge in [-0.15, -0.1) is 0 Å². The van der Waals surface area contributed by atoms with Crippen LogP contribution in [-0.2, 0) is 22.4 Å². The Bertz CT molecular complexity index is 1110. The summed E-state index contributed by atoms with van der Waals surface area (Å²) in [5.74, 6) is -0.710. The molecular weight excluding hydrogens is 426 g/mol. The Kier molecular flexibility index (Phi) is 7.76. The SMILES string of the molecule is NC(=O)C(CC1CCCc2c(OC(=O)CO)cccc21)C(Cc1ccccc1)c1ccccc1. The first-order valence-corrected chi connectivity index (χ1v) is 11.9. The van der Waals surface area contributed by atoms with Gasteiger partial charge in [-0.2, -0.15) is 0 Å². The number of amides is 1. The summed E-state index contributed by atoms with van der Waals surface area (Å²) in [6.45, 7) is -0.658. The van der Waals surface area contributed by atoms with Gasteiger partial charge in [0.2, 0.25) is 5.91 Å². The summed E-state index contributed by atoms with van der Waals surface area (Å²) in [4.78, 5) is 24.6. The number of carbonyl (C=O) groups is 2. The van der Waals surface area contributed by atoms with Gasteiger partial charge in [-0.1, -0.05) is 72.8 Å². The smallest absolute Gasteiger partial charge is 0.337 e. The topological polar surface area (TPSA) is 89.6 Å². The van der Waals surface area contributed by atoms with Gasteiger partial charge in [-0.25, -0.2) is 4.79 Å². The molecule has 0 radical (unpaired) electrons. The van der Waals surface area contributed by atoms with Crippen LogP contribution in [0.3, 0.4) is 0 Å². The van der Waals surface area contributed by atoms with Crippen molar-refractivity contribution in [2.24, 2.45) is 11.7 Å². The van der Waals surface area contributed by atoms with E-state index in [4.69, 9.17) is 15.6 Å². The van der Waals surface area contributed by atoms with Crippen molar-refractivity contribution in [2.45, 2.75) is 43.9 Å². The van der Waals surface area contributed by atoms with E-state index in [1.54, 1.807) is 6.07 Å². The summed E-state index contributed by atoms with van der Waals surface area (Å²) in [5, 5.41) is 9.10. The highest BCUT2D eigenvalue weighted by Gasteiger charge is 2.33. The van der Waals surface area contributed by atoms with Crippen LogP contribution < -0.4 is 10.5 Å². The summed E-state index contributed by atoms with van der Waals surface area (Å²) in [6.07, 6.45) is 4.04. The van der Waals surface area contributed by atoms with E-state index in [0.717, 1.165) is 42.4 Å². The molecular formula is C29H31NO4. The number of hydrogen-bond donors (Lipinski definition) is 2. The number of esters is 1. The third kappa shape index (κ3) is 5.54. The van der Waals surface area contributed by atoms with Crippen LogP contribution in [0.5, 0.6) is 5.75 Å². The van der Waals surface area contributed by atoms with E-state index in [0.29, 0.717) is 12.2 Å². The number of aliphatic hydroxyl groups excluding tert-OH is 1. The number of aliphatic hydroxyl groups is 1. The first-order valence-electron chi connectivity index (χ1n) is 11.9. The third-order valence-electron chi connectivity index (χ3n) is 6.86. The molecule has 0 aliphatic heterocycles. The average Bonchev–Trinajstić information content (AvgIpc) is 2.87. The largest absolute Gasteiger partial charge is 0.425 e. The van der Waals surface area contributed by atoms with Gasteiger partial charge in [-0.05, 0) is 72.3 Å². The molecule has 3 unspecified atom stereocenters. The van der Waals surface area contributed by atoms with Crippen molar-refractivity contribution in [3.63, 3.8) is 0 Å². The van der Waals surface area contributed by atoms with Gasteiger partial charge in [0.1, 0.15) is 12.4 Å². The van der Waals surface area contributed by atoms with Gasteiger partial charge in [-0.3, -0.25) is 4.79 Å². The summed E-state index contributed by atoms with van der Waals surface area (Å²) in [7, 11) is 0. The fourth-order valence-corrected chi connectivity index (χ4v) is 5.25. The van der Waals surface area contributed by atoms with Crippen molar-refractivity contribution < 1.29 is 19.4 Å². The normalized spacial score (nSPS) is 16.8. The molecule has 3 N–H and O–H groups in total. The lowest BCUT2D eigenvalue weighted by molar-refractivity contribution is -0.137. The van der Waals surface area contributed by atoms with Crippen molar-refractivity contribution in [1.29, 1.82) is 0 Å². The van der Waals surface area contributed by atoms with Crippen LogP contribution in [0.4, 0.5) is 0 Å². The molecule has 34 heavy (non-hydrogen) atoms. The summed E-state index contributed by atoms with van der Waals surface area (Å²) in [6, 6.07) is 26.0. The van der Waals surface area contributed by atoms with E-state index >= 15 is 0 Å². The van der Waals surface area contributed by atoms with Crippen LogP contribution in [-0.4, -0.2) is 23.6 Å². The molecule has 0 saturated heterocycles. The molecule has 176 valence electrons. The maximum Gasteiger partial charge on any atom is 0.337 e. The quantitative estimate of drug-likeness (QED) is 0.365. The van der Waals surface area contributed by atoms with Crippen LogP contribution >= 0.6 is 0 Å². The molecule has 0 bridgehead atoms. The number of benzene rings is 3. The highest BCUT2D eigenvalue weighted by molar-refractivity contribution is 5.78. The highest BCUT2D eigenvalue weighted by Crippen LogP contribution is 2.43. The summed E-state index contributed by atoms with van der Waals surface area (Å²) in [5.41, 5.74) is 10.4. The predicted octanol–water partition coefficient (Wildman–Crippen LogP) is 4.52. The Morgan fingerprint density at radius 2 is 1.68 bits per heavy atom. The zero-order chi connectivity index (χ0) is 23.9. The second kappa shape index (κ2) is 11.1. The molecule has 0 spiro atoms. The van der Waals surface area contributed by atoms with Gasteiger partial charge in [0.25, 0.3) is 0 Å². The lowest BCUT2D eigenvalue weighted by Crippen LogP contribution is -2.32. The lowest BCUT2D eigenvalue weighted by Gasteiger charge is -2.32. The summed E-state index contributed by atoms with van der Waals surface area (Å²) < 4.78 is 5.38. The average molecular weight is 458 g/mol. The lowest BCUT2D eigenvalue weighted by atomic mass is 9.72. The fraction of sp³-hybridized carbons (Fsp3) is 0.310. The van der Waals surface area contributed by atoms with E-state index in [2.05, 4.69) is 30.3 Å². The molecule has 1 amide bonds. The van der Waals surface area contributed by atoms with Crippen LogP contribution in [0, 0.1) is 5.92 Å². The number of hydrogen-bond acceptors (Lipinski definition) is 4. The zero-order valence-electron chi connectivity index (χ0n) is 19.2. The van der Waals surface area contributed by atoms with E-state index in [1.807, 2.05) is 42.5 Å². The van der Waals surface area contributed by atoms with E-state index in [9.17, 15) is 9.59 Å². The first kappa shape index (κ1) is 23.7. The van der Waals surface area contributed by atoms with Gasteiger partial charge < -0.3 is 15.6 Å². The van der Waals surface area contributed by atoms with Crippen molar-refractivity contribution in [3.8, 4) is 5.75 Å². The molecule has 5 heteroatoms. The van der Waals surface area contributed by atoms with Gasteiger partial charge in [0, 0.05) is 5.92 Å². The first-order chi connectivity index (χ1) is 16.6.